The highest BCUT2D eigenvalue weighted by Gasteiger charge is 2.15. The van der Waals surface area contributed by atoms with Crippen LogP contribution in [0.25, 0.3) is 0 Å². The fourth-order valence-electron chi connectivity index (χ4n) is 0.948. The van der Waals surface area contributed by atoms with E-state index >= 15 is 0 Å². The standard InChI is InChI=1S/C10H13NO4/c1-5-7(12)3-4-8(9(5)13)15-10(14)6(2)11/h3-4,6,12-13H,11H2,1-2H3/t6-/m0/s1. The molecule has 0 aliphatic rings. The number of esters is 1. The van der Waals surface area contributed by atoms with Gasteiger partial charge >= 0.3 is 5.97 Å². The summed E-state index contributed by atoms with van der Waals surface area (Å²) in [4.78, 5) is 11.1. The molecule has 82 valence electrons. The monoisotopic (exact) mass is 211 g/mol. The van der Waals surface area contributed by atoms with Crippen LogP contribution >= 0.6 is 0 Å². The van der Waals surface area contributed by atoms with Gasteiger partial charge in [0, 0.05) is 5.56 Å². The fourth-order valence-corrected chi connectivity index (χ4v) is 0.948. The molecule has 1 rings (SSSR count). The average Bonchev–Trinajstić information content (AvgIpc) is 2.18. The molecule has 15 heavy (non-hydrogen) atoms. The molecule has 0 bridgehead atoms. The van der Waals surface area contributed by atoms with Gasteiger partial charge in [0.05, 0.1) is 0 Å². The maximum absolute atomic E-state index is 11.1. The highest BCUT2D eigenvalue weighted by molar-refractivity contribution is 5.78. The molecular weight excluding hydrogens is 198 g/mol. The van der Waals surface area contributed by atoms with Gasteiger partial charge in [-0.25, -0.2) is 4.79 Å². The summed E-state index contributed by atoms with van der Waals surface area (Å²) in [6.07, 6.45) is 0. The number of hydrogen-bond donors (Lipinski definition) is 3. The average molecular weight is 211 g/mol. The number of hydrogen-bond acceptors (Lipinski definition) is 5. The topological polar surface area (TPSA) is 92.8 Å². The molecule has 0 saturated heterocycles. The zero-order valence-corrected chi connectivity index (χ0v) is 8.52. The van der Waals surface area contributed by atoms with Gasteiger partial charge in [0.15, 0.2) is 11.5 Å². The van der Waals surface area contributed by atoms with Crippen molar-refractivity contribution in [3.8, 4) is 17.2 Å². The van der Waals surface area contributed by atoms with E-state index in [4.69, 9.17) is 10.5 Å². The third kappa shape index (κ3) is 2.38. The van der Waals surface area contributed by atoms with Crippen molar-refractivity contribution in [1.29, 1.82) is 0 Å². The lowest BCUT2D eigenvalue weighted by molar-refractivity contribution is -0.135. The van der Waals surface area contributed by atoms with Crippen LogP contribution < -0.4 is 10.5 Å². The van der Waals surface area contributed by atoms with Crippen LogP contribution in [0.5, 0.6) is 17.2 Å². The molecule has 1 aromatic rings. The summed E-state index contributed by atoms with van der Waals surface area (Å²) in [5, 5.41) is 18.8. The van der Waals surface area contributed by atoms with Crippen LogP contribution in [0.2, 0.25) is 0 Å². The maximum atomic E-state index is 11.1. The van der Waals surface area contributed by atoms with E-state index in [1.165, 1.54) is 26.0 Å². The number of carbonyl (C=O) groups excluding carboxylic acids is 1. The Morgan fingerprint density at radius 2 is 2.07 bits per heavy atom. The molecule has 0 radical (unpaired) electrons. The minimum absolute atomic E-state index is 0.00685. The van der Waals surface area contributed by atoms with E-state index in [1.807, 2.05) is 0 Å². The van der Waals surface area contributed by atoms with Crippen LogP contribution in [-0.4, -0.2) is 22.2 Å². The van der Waals surface area contributed by atoms with Crippen LogP contribution in [0.4, 0.5) is 0 Å². The Morgan fingerprint density at radius 1 is 1.47 bits per heavy atom. The first-order valence-electron chi connectivity index (χ1n) is 4.42. The van der Waals surface area contributed by atoms with Gasteiger partial charge in [-0.05, 0) is 26.0 Å². The van der Waals surface area contributed by atoms with Crippen molar-refractivity contribution in [2.75, 3.05) is 0 Å². The predicted molar refractivity (Wildman–Crippen MR) is 53.8 cm³/mol. The van der Waals surface area contributed by atoms with Crippen molar-refractivity contribution < 1.29 is 19.7 Å². The van der Waals surface area contributed by atoms with Gasteiger partial charge in [0.25, 0.3) is 0 Å². The minimum atomic E-state index is -0.765. The van der Waals surface area contributed by atoms with E-state index in [-0.39, 0.29) is 22.8 Å². The van der Waals surface area contributed by atoms with Gasteiger partial charge in [0.1, 0.15) is 11.8 Å². The van der Waals surface area contributed by atoms with Gasteiger partial charge in [-0.1, -0.05) is 0 Å². The molecule has 0 heterocycles. The molecule has 5 heteroatoms. The third-order valence-electron chi connectivity index (χ3n) is 1.95. The van der Waals surface area contributed by atoms with Crippen molar-refractivity contribution in [3.63, 3.8) is 0 Å². The molecule has 0 aromatic heterocycles. The first kappa shape index (κ1) is 11.3. The van der Waals surface area contributed by atoms with Crippen molar-refractivity contribution >= 4 is 5.97 Å². The zero-order valence-electron chi connectivity index (χ0n) is 8.52. The Labute approximate surface area is 87.1 Å². The number of phenolic OH excluding ortho intramolecular Hbond substituents is 2. The second-order valence-corrected chi connectivity index (χ2v) is 3.27. The van der Waals surface area contributed by atoms with Crippen LogP contribution in [-0.2, 0) is 4.79 Å². The summed E-state index contributed by atoms with van der Waals surface area (Å²) >= 11 is 0. The zero-order chi connectivity index (χ0) is 11.6. The molecule has 0 fully saturated rings. The number of nitrogens with two attached hydrogens (primary N) is 1. The van der Waals surface area contributed by atoms with Crippen molar-refractivity contribution in [1.82, 2.24) is 0 Å². The van der Waals surface area contributed by atoms with E-state index in [1.54, 1.807) is 0 Å². The van der Waals surface area contributed by atoms with Crippen LogP contribution in [0.1, 0.15) is 12.5 Å². The third-order valence-corrected chi connectivity index (χ3v) is 1.95. The lowest BCUT2D eigenvalue weighted by atomic mass is 10.2. The van der Waals surface area contributed by atoms with Gasteiger partial charge in [-0.3, -0.25) is 0 Å². The molecule has 0 saturated carbocycles. The SMILES string of the molecule is Cc1c(O)ccc(OC(=O)[C@H](C)N)c1O. The molecule has 1 aromatic carbocycles. The quantitative estimate of drug-likeness (QED) is 0.493. The van der Waals surface area contributed by atoms with Gasteiger partial charge in [-0.15, -0.1) is 0 Å². The van der Waals surface area contributed by atoms with Crippen LogP contribution in [0.3, 0.4) is 0 Å². The summed E-state index contributed by atoms with van der Waals surface area (Å²) in [5.41, 5.74) is 5.55. The molecule has 4 N–H and O–H groups in total. The van der Waals surface area contributed by atoms with Crippen molar-refractivity contribution in [3.05, 3.63) is 17.7 Å². The van der Waals surface area contributed by atoms with Gasteiger partial charge in [0.2, 0.25) is 0 Å². The molecule has 0 aliphatic heterocycles. The Balaban J connectivity index is 2.97. The molecule has 5 nitrogen and oxygen atoms in total. The number of benzene rings is 1. The highest BCUT2D eigenvalue weighted by Crippen LogP contribution is 2.35. The van der Waals surface area contributed by atoms with Crippen molar-refractivity contribution in [2.45, 2.75) is 19.9 Å². The van der Waals surface area contributed by atoms with Crippen LogP contribution in [0.15, 0.2) is 12.1 Å². The lowest BCUT2D eigenvalue weighted by Gasteiger charge is -2.10. The second kappa shape index (κ2) is 4.18. The number of carbonyl (C=O) groups is 1. The Kier molecular flexibility index (Phi) is 3.16. The lowest BCUT2D eigenvalue weighted by Crippen LogP contribution is -2.30. The van der Waals surface area contributed by atoms with E-state index in [9.17, 15) is 15.0 Å². The van der Waals surface area contributed by atoms with Gasteiger partial charge < -0.3 is 20.7 Å². The van der Waals surface area contributed by atoms with Crippen molar-refractivity contribution in [2.24, 2.45) is 5.73 Å². The molecule has 0 aliphatic carbocycles. The summed E-state index contributed by atoms with van der Waals surface area (Å²) in [6, 6.07) is 1.87. The summed E-state index contributed by atoms with van der Waals surface area (Å²) in [5.74, 6) is -0.972. The van der Waals surface area contributed by atoms with E-state index in [0.29, 0.717) is 0 Å². The number of rotatable bonds is 2. The summed E-state index contributed by atoms with van der Waals surface area (Å²) in [7, 11) is 0. The highest BCUT2D eigenvalue weighted by atomic mass is 16.5. The van der Waals surface area contributed by atoms with E-state index < -0.39 is 12.0 Å². The largest absolute Gasteiger partial charge is 0.508 e. The maximum Gasteiger partial charge on any atom is 0.328 e. The van der Waals surface area contributed by atoms with E-state index in [2.05, 4.69) is 0 Å². The summed E-state index contributed by atoms with van der Waals surface area (Å²) in [6.45, 7) is 2.99. The van der Waals surface area contributed by atoms with Crippen LogP contribution in [0, 0.1) is 6.92 Å². The minimum Gasteiger partial charge on any atom is -0.508 e. The Bertz CT molecular complexity index is 387. The predicted octanol–water partition coefficient (Wildman–Crippen LogP) is 0.659. The Hall–Kier alpha value is -1.75. The number of phenols is 2. The Morgan fingerprint density at radius 3 is 2.60 bits per heavy atom. The molecule has 0 amide bonds. The second-order valence-electron chi connectivity index (χ2n) is 3.27. The molecule has 1 atom stereocenters. The summed E-state index contributed by atoms with van der Waals surface area (Å²) < 4.78 is 4.82. The van der Waals surface area contributed by atoms with Gasteiger partial charge in [-0.2, -0.15) is 0 Å². The smallest absolute Gasteiger partial charge is 0.328 e. The normalized spacial score (nSPS) is 12.2. The molecule has 0 spiro atoms. The first-order valence-corrected chi connectivity index (χ1v) is 4.42. The number of aromatic hydroxyl groups is 2. The van der Waals surface area contributed by atoms with E-state index in [0.717, 1.165) is 0 Å². The molecular formula is C10H13NO4. The first-order chi connectivity index (χ1) is 6.93. The number of ether oxygens (including phenoxy) is 1. The fraction of sp³-hybridized carbons (Fsp3) is 0.300. The molecule has 0 unspecified atom stereocenters.